The molecular weight excluding hydrogens is 282 g/mol. The number of aromatic amines is 1. The summed E-state index contributed by atoms with van der Waals surface area (Å²) in [4.78, 5) is 4.69. The molecule has 1 aliphatic rings. The van der Waals surface area contributed by atoms with Crippen LogP contribution in [-0.2, 0) is 0 Å². The molecule has 0 bridgehead atoms. The van der Waals surface area contributed by atoms with Gasteiger partial charge in [0.05, 0.1) is 5.69 Å². The fraction of sp³-hybridized carbons (Fsp3) is 0.300. The van der Waals surface area contributed by atoms with E-state index in [9.17, 15) is 0 Å². The highest BCUT2D eigenvalue weighted by Gasteiger charge is 2.22. The minimum atomic E-state index is 0.645. The molecule has 0 spiro atoms. The number of hydrogen-bond acceptors (Lipinski definition) is 2. The van der Waals surface area contributed by atoms with Gasteiger partial charge in [0, 0.05) is 17.5 Å². The highest BCUT2D eigenvalue weighted by Crippen LogP contribution is 2.40. The third kappa shape index (κ3) is 2.79. The zero-order valence-corrected chi connectivity index (χ0v) is 13.4. The van der Waals surface area contributed by atoms with Crippen molar-refractivity contribution in [1.82, 2.24) is 15.2 Å². The molecule has 1 saturated carbocycles. The van der Waals surface area contributed by atoms with E-state index in [1.807, 2.05) is 13.1 Å². The van der Waals surface area contributed by atoms with E-state index in [1.165, 1.54) is 42.4 Å². The van der Waals surface area contributed by atoms with Gasteiger partial charge in [-0.1, -0.05) is 43.2 Å². The van der Waals surface area contributed by atoms with E-state index in [2.05, 4.69) is 57.6 Å². The predicted octanol–water partition coefficient (Wildman–Crippen LogP) is 5.10. The number of benzene rings is 1. The van der Waals surface area contributed by atoms with E-state index >= 15 is 0 Å². The van der Waals surface area contributed by atoms with Gasteiger partial charge in [0.15, 0.2) is 0 Å². The van der Waals surface area contributed by atoms with Crippen LogP contribution in [0.1, 0.15) is 42.9 Å². The van der Waals surface area contributed by atoms with Gasteiger partial charge in [-0.3, -0.25) is 10.1 Å². The van der Waals surface area contributed by atoms with Gasteiger partial charge in [0.25, 0.3) is 0 Å². The molecule has 116 valence electrons. The molecule has 0 amide bonds. The number of H-pyrrole nitrogens is 1. The van der Waals surface area contributed by atoms with E-state index in [4.69, 9.17) is 0 Å². The predicted molar refractivity (Wildman–Crippen MR) is 93.2 cm³/mol. The van der Waals surface area contributed by atoms with Crippen LogP contribution in [0.4, 0.5) is 0 Å². The van der Waals surface area contributed by atoms with Crippen LogP contribution < -0.4 is 0 Å². The van der Waals surface area contributed by atoms with Crippen molar-refractivity contribution in [3.8, 4) is 22.5 Å². The zero-order valence-electron chi connectivity index (χ0n) is 13.4. The molecule has 1 aromatic carbocycles. The second kappa shape index (κ2) is 5.99. The van der Waals surface area contributed by atoms with Gasteiger partial charge in [-0.25, -0.2) is 0 Å². The minimum absolute atomic E-state index is 0.645. The normalized spacial score (nSPS) is 15.2. The first-order valence-electron chi connectivity index (χ1n) is 8.39. The van der Waals surface area contributed by atoms with Crippen molar-refractivity contribution >= 4 is 0 Å². The second-order valence-corrected chi connectivity index (χ2v) is 6.44. The van der Waals surface area contributed by atoms with Crippen LogP contribution in [0.2, 0.25) is 0 Å². The second-order valence-electron chi connectivity index (χ2n) is 6.44. The molecule has 1 N–H and O–H groups in total. The lowest BCUT2D eigenvalue weighted by atomic mass is 9.90. The largest absolute Gasteiger partial charge is 0.282 e. The first-order chi connectivity index (χ1) is 11.3. The smallest absolute Gasteiger partial charge is 0.111 e. The Kier molecular flexibility index (Phi) is 3.70. The Bertz CT molecular complexity index is 799. The molecule has 2 aromatic heterocycles. The molecule has 0 radical (unpaired) electrons. The van der Waals surface area contributed by atoms with Crippen LogP contribution in [0.15, 0.2) is 48.7 Å². The van der Waals surface area contributed by atoms with Crippen LogP contribution in [0.3, 0.4) is 0 Å². The van der Waals surface area contributed by atoms with Crippen LogP contribution in [-0.4, -0.2) is 15.2 Å². The summed E-state index contributed by atoms with van der Waals surface area (Å²) in [5.41, 5.74) is 6.92. The quantitative estimate of drug-likeness (QED) is 0.731. The lowest BCUT2D eigenvalue weighted by molar-refractivity contribution is 0.724. The number of aryl methyl sites for hydroxylation is 1. The van der Waals surface area contributed by atoms with Crippen LogP contribution in [0.5, 0.6) is 0 Å². The van der Waals surface area contributed by atoms with Crippen molar-refractivity contribution in [2.24, 2.45) is 0 Å². The topological polar surface area (TPSA) is 41.6 Å². The maximum absolute atomic E-state index is 4.69. The monoisotopic (exact) mass is 303 g/mol. The lowest BCUT2D eigenvalue weighted by Crippen LogP contribution is -1.99. The number of rotatable bonds is 3. The van der Waals surface area contributed by atoms with Gasteiger partial charge in [-0.15, -0.1) is 0 Å². The number of nitrogens with zero attached hydrogens (tertiary/aromatic N) is 2. The minimum Gasteiger partial charge on any atom is -0.282 e. The summed E-state index contributed by atoms with van der Waals surface area (Å²) in [6.45, 7) is 2.02. The maximum Gasteiger partial charge on any atom is 0.111 e. The average molecular weight is 303 g/mol. The van der Waals surface area contributed by atoms with Crippen LogP contribution in [0, 0.1) is 6.92 Å². The summed E-state index contributed by atoms with van der Waals surface area (Å²) in [6.07, 6.45) is 7.25. The van der Waals surface area contributed by atoms with Gasteiger partial charge in [0.2, 0.25) is 0 Å². The van der Waals surface area contributed by atoms with E-state index in [1.54, 1.807) is 0 Å². The van der Waals surface area contributed by atoms with Crippen molar-refractivity contribution in [3.05, 3.63) is 59.9 Å². The third-order valence-corrected chi connectivity index (χ3v) is 4.78. The SMILES string of the molecule is Cc1cc(-c2cc(C3CCCC3)c(-c3ccccc3)cn2)n[nH]1. The molecule has 0 aliphatic heterocycles. The molecule has 1 aliphatic carbocycles. The molecule has 2 heterocycles. The third-order valence-electron chi connectivity index (χ3n) is 4.78. The van der Waals surface area contributed by atoms with E-state index in [-0.39, 0.29) is 0 Å². The summed E-state index contributed by atoms with van der Waals surface area (Å²) in [6, 6.07) is 14.9. The average Bonchev–Trinajstić information content (AvgIpc) is 3.27. The highest BCUT2D eigenvalue weighted by atomic mass is 15.1. The number of nitrogens with one attached hydrogen (secondary N) is 1. The molecular formula is C20H21N3. The molecule has 0 unspecified atom stereocenters. The summed E-state index contributed by atoms with van der Waals surface area (Å²) >= 11 is 0. The van der Waals surface area contributed by atoms with E-state index in [0.717, 1.165) is 17.1 Å². The van der Waals surface area contributed by atoms with Gasteiger partial charge < -0.3 is 0 Å². The maximum atomic E-state index is 4.69. The van der Waals surface area contributed by atoms with Crippen molar-refractivity contribution < 1.29 is 0 Å². The summed E-state index contributed by atoms with van der Waals surface area (Å²) < 4.78 is 0. The first-order valence-corrected chi connectivity index (χ1v) is 8.39. The Morgan fingerprint density at radius 3 is 2.48 bits per heavy atom. The molecule has 1 fully saturated rings. The Balaban J connectivity index is 1.83. The van der Waals surface area contributed by atoms with Crippen LogP contribution >= 0.6 is 0 Å². The molecule has 4 rings (SSSR count). The molecule has 0 atom stereocenters. The highest BCUT2D eigenvalue weighted by molar-refractivity contribution is 5.70. The fourth-order valence-electron chi connectivity index (χ4n) is 3.59. The summed E-state index contributed by atoms with van der Waals surface area (Å²) in [5.74, 6) is 0.645. The van der Waals surface area contributed by atoms with Crippen molar-refractivity contribution in [1.29, 1.82) is 0 Å². The van der Waals surface area contributed by atoms with Gasteiger partial charge in [-0.2, -0.15) is 5.10 Å². The van der Waals surface area contributed by atoms with Crippen LogP contribution in [0.25, 0.3) is 22.5 Å². The summed E-state index contributed by atoms with van der Waals surface area (Å²) in [7, 11) is 0. The Labute approximate surface area is 136 Å². The van der Waals surface area contributed by atoms with Crippen molar-refractivity contribution in [2.45, 2.75) is 38.5 Å². The van der Waals surface area contributed by atoms with Crippen molar-refractivity contribution in [3.63, 3.8) is 0 Å². The molecule has 3 heteroatoms. The van der Waals surface area contributed by atoms with Gasteiger partial charge >= 0.3 is 0 Å². The molecule has 3 nitrogen and oxygen atoms in total. The number of pyridine rings is 1. The number of hydrogen-bond donors (Lipinski definition) is 1. The van der Waals surface area contributed by atoms with Crippen molar-refractivity contribution in [2.75, 3.05) is 0 Å². The molecule has 23 heavy (non-hydrogen) atoms. The zero-order chi connectivity index (χ0) is 15.6. The molecule has 0 saturated heterocycles. The Hall–Kier alpha value is -2.42. The Morgan fingerprint density at radius 2 is 1.78 bits per heavy atom. The Morgan fingerprint density at radius 1 is 1.00 bits per heavy atom. The van der Waals surface area contributed by atoms with E-state index < -0.39 is 0 Å². The van der Waals surface area contributed by atoms with E-state index in [0.29, 0.717) is 5.92 Å². The first kappa shape index (κ1) is 14.2. The fourth-order valence-corrected chi connectivity index (χ4v) is 3.59. The van der Waals surface area contributed by atoms with Gasteiger partial charge in [-0.05, 0) is 48.9 Å². The lowest BCUT2D eigenvalue weighted by Gasteiger charge is -2.16. The standard InChI is InChI=1S/C20H21N3/c1-14-11-20(23-22-14)19-12-17(15-9-5-6-10-15)18(13-21-19)16-7-3-2-4-8-16/h2-4,7-8,11-13,15H,5-6,9-10H2,1H3,(H,22,23). The van der Waals surface area contributed by atoms with Gasteiger partial charge in [0.1, 0.15) is 5.69 Å². The molecule has 3 aromatic rings. The number of aromatic nitrogens is 3. The summed E-state index contributed by atoms with van der Waals surface area (Å²) in [5, 5.41) is 7.38.